The van der Waals surface area contributed by atoms with Crippen molar-refractivity contribution in [2.75, 3.05) is 20.3 Å². The lowest BCUT2D eigenvalue weighted by atomic mass is 9.93. The Labute approximate surface area is 95.4 Å². The number of nitrogens with one attached hydrogen (secondary N) is 1. The molecule has 0 bridgehead atoms. The van der Waals surface area contributed by atoms with Gasteiger partial charge in [0.05, 0.1) is 12.6 Å². The molecule has 1 aromatic rings. The zero-order chi connectivity index (χ0) is 11.4. The summed E-state index contributed by atoms with van der Waals surface area (Å²) >= 11 is 0. The van der Waals surface area contributed by atoms with Gasteiger partial charge in [-0.05, 0) is 43.2 Å². The highest BCUT2D eigenvalue weighted by molar-refractivity contribution is 4.85. The van der Waals surface area contributed by atoms with Crippen molar-refractivity contribution >= 4 is 0 Å². The molecule has 1 fully saturated rings. The van der Waals surface area contributed by atoms with Gasteiger partial charge in [0.15, 0.2) is 5.82 Å². The Morgan fingerprint density at radius 3 is 2.94 bits per heavy atom. The Bertz CT molecular complexity index is 321. The molecule has 6 nitrogen and oxygen atoms in total. The molecule has 1 aliphatic rings. The van der Waals surface area contributed by atoms with Crippen LogP contribution in [0.15, 0.2) is 0 Å². The van der Waals surface area contributed by atoms with Crippen LogP contribution in [0.1, 0.15) is 31.6 Å². The predicted molar refractivity (Wildman–Crippen MR) is 58.8 cm³/mol. The van der Waals surface area contributed by atoms with E-state index in [9.17, 15) is 0 Å². The number of aromatic nitrogens is 4. The third-order valence-corrected chi connectivity index (χ3v) is 3.23. The molecule has 0 saturated carbocycles. The summed E-state index contributed by atoms with van der Waals surface area (Å²) in [7, 11) is 1.90. The van der Waals surface area contributed by atoms with Gasteiger partial charge < -0.3 is 10.1 Å². The van der Waals surface area contributed by atoms with Gasteiger partial charge in [-0.3, -0.25) is 0 Å². The summed E-state index contributed by atoms with van der Waals surface area (Å²) in [4.78, 5) is 0. The predicted octanol–water partition coefficient (Wildman–Crippen LogP) is 0.380. The maximum Gasteiger partial charge on any atom is 0.165 e. The van der Waals surface area contributed by atoms with Gasteiger partial charge in [0.2, 0.25) is 0 Å². The van der Waals surface area contributed by atoms with Gasteiger partial charge in [-0.15, -0.1) is 5.10 Å². The monoisotopic (exact) mass is 225 g/mol. The standard InChI is InChI=1S/C10H19N5O/c1-8(9-3-5-16-6-4-9)15-10(7-11-2)12-13-14-15/h8-9,11H,3-7H2,1-2H3. The highest BCUT2D eigenvalue weighted by atomic mass is 16.5. The first-order valence-corrected chi connectivity index (χ1v) is 5.82. The zero-order valence-electron chi connectivity index (χ0n) is 9.89. The second-order valence-electron chi connectivity index (χ2n) is 4.26. The molecule has 0 aliphatic carbocycles. The summed E-state index contributed by atoms with van der Waals surface area (Å²) in [5.74, 6) is 1.52. The first-order valence-electron chi connectivity index (χ1n) is 5.82. The van der Waals surface area contributed by atoms with Gasteiger partial charge in [0.1, 0.15) is 0 Å². The van der Waals surface area contributed by atoms with Crippen LogP contribution in [0.3, 0.4) is 0 Å². The van der Waals surface area contributed by atoms with Crippen LogP contribution in [-0.2, 0) is 11.3 Å². The first kappa shape index (κ1) is 11.5. The minimum absolute atomic E-state index is 0.349. The summed E-state index contributed by atoms with van der Waals surface area (Å²) in [5, 5.41) is 14.9. The lowest BCUT2D eigenvalue weighted by Gasteiger charge is -2.27. The summed E-state index contributed by atoms with van der Waals surface area (Å²) < 4.78 is 7.31. The average molecular weight is 225 g/mol. The Kier molecular flexibility index (Phi) is 3.84. The topological polar surface area (TPSA) is 64.9 Å². The van der Waals surface area contributed by atoms with Gasteiger partial charge in [0, 0.05) is 13.2 Å². The van der Waals surface area contributed by atoms with Crippen LogP contribution in [0.2, 0.25) is 0 Å². The number of rotatable bonds is 4. The molecule has 0 spiro atoms. The van der Waals surface area contributed by atoms with Crippen LogP contribution in [-0.4, -0.2) is 40.5 Å². The first-order chi connectivity index (χ1) is 7.83. The van der Waals surface area contributed by atoms with Crippen molar-refractivity contribution in [3.63, 3.8) is 0 Å². The molecule has 0 radical (unpaired) electrons. The Balaban J connectivity index is 2.06. The molecule has 90 valence electrons. The van der Waals surface area contributed by atoms with Gasteiger partial charge in [-0.25, -0.2) is 4.68 Å². The minimum Gasteiger partial charge on any atom is -0.381 e. The van der Waals surface area contributed by atoms with Gasteiger partial charge in [-0.1, -0.05) is 0 Å². The minimum atomic E-state index is 0.349. The molecular weight excluding hydrogens is 206 g/mol. The number of tetrazole rings is 1. The molecule has 2 rings (SSSR count). The molecule has 1 aliphatic heterocycles. The largest absolute Gasteiger partial charge is 0.381 e. The number of ether oxygens (including phenoxy) is 1. The quantitative estimate of drug-likeness (QED) is 0.802. The van der Waals surface area contributed by atoms with E-state index in [2.05, 4.69) is 27.8 Å². The normalized spacial score (nSPS) is 19.9. The van der Waals surface area contributed by atoms with Crippen LogP contribution in [0, 0.1) is 5.92 Å². The molecule has 1 atom stereocenters. The Hall–Kier alpha value is -1.01. The van der Waals surface area contributed by atoms with E-state index in [4.69, 9.17) is 4.74 Å². The number of hydrogen-bond donors (Lipinski definition) is 1. The summed E-state index contributed by atoms with van der Waals surface area (Å²) in [5.41, 5.74) is 0. The molecule has 16 heavy (non-hydrogen) atoms. The number of hydrogen-bond acceptors (Lipinski definition) is 5. The molecule has 0 aromatic carbocycles. The van der Waals surface area contributed by atoms with E-state index >= 15 is 0 Å². The van der Waals surface area contributed by atoms with Crippen LogP contribution < -0.4 is 5.32 Å². The Morgan fingerprint density at radius 2 is 2.25 bits per heavy atom. The van der Waals surface area contributed by atoms with Gasteiger partial charge >= 0.3 is 0 Å². The van der Waals surface area contributed by atoms with Crippen LogP contribution >= 0.6 is 0 Å². The van der Waals surface area contributed by atoms with E-state index in [0.717, 1.165) is 31.9 Å². The van der Waals surface area contributed by atoms with Crippen molar-refractivity contribution in [2.24, 2.45) is 5.92 Å². The molecule has 0 amide bonds. The van der Waals surface area contributed by atoms with Crippen molar-refractivity contribution in [1.29, 1.82) is 0 Å². The summed E-state index contributed by atoms with van der Waals surface area (Å²) in [6.45, 7) is 4.61. The molecule has 1 unspecified atom stereocenters. The van der Waals surface area contributed by atoms with Gasteiger partial charge in [-0.2, -0.15) is 0 Å². The second kappa shape index (κ2) is 5.36. The van der Waals surface area contributed by atoms with Crippen LogP contribution in [0.5, 0.6) is 0 Å². The highest BCUT2D eigenvalue weighted by Gasteiger charge is 2.24. The summed E-state index contributed by atoms with van der Waals surface area (Å²) in [6, 6.07) is 0.349. The molecular formula is C10H19N5O. The SMILES string of the molecule is CNCc1nnnn1C(C)C1CCOCC1. The van der Waals surface area contributed by atoms with E-state index < -0.39 is 0 Å². The Morgan fingerprint density at radius 1 is 1.50 bits per heavy atom. The smallest absolute Gasteiger partial charge is 0.165 e. The maximum atomic E-state index is 5.37. The van der Waals surface area contributed by atoms with Gasteiger partial charge in [0.25, 0.3) is 0 Å². The lowest BCUT2D eigenvalue weighted by molar-refractivity contribution is 0.0487. The second-order valence-corrected chi connectivity index (χ2v) is 4.26. The number of nitrogens with zero attached hydrogens (tertiary/aromatic N) is 4. The molecule has 1 saturated heterocycles. The van der Waals surface area contributed by atoms with Crippen molar-refractivity contribution in [3.05, 3.63) is 5.82 Å². The van der Waals surface area contributed by atoms with E-state index in [1.807, 2.05) is 11.7 Å². The average Bonchev–Trinajstić information content (AvgIpc) is 2.78. The van der Waals surface area contributed by atoms with Crippen molar-refractivity contribution in [2.45, 2.75) is 32.4 Å². The molecule has 6 heteroatoms. The van der Waals surface area contributed by atoms with E-state index in [-0.39, 0.29) is 0 Å². The zero-order valence-corrected chi connectivity index (χ0v) is 9.89. The fraction of sp³-hybridized carbons (Fsp3) is 0.900. The fourth-order valence-corrected chi connectivity index (χ4v) is 2.20. The molecule has 2 heterocycles. The summed E-state index contributed by atoms with van der Waals surface area (Å²) in [6.07, 6.45) is 2.19. The van der Waals surface area contributed by atoms with Crippen LogP contribution in [0.25, 0.3) is 0 Å². The van der Waals surface area contributed by atoms with E-state index in [0.29, 0.717) is 18.5 Å². The van der Waals surface area contributed by atoms with E-state index in [1.54, 1.807) is 0 Å². The molecule has 1 N–H and O–H groups in total. The third-order valence-electron chi connectivity index (χ3n) is 3.23. The van der Waals surface area contributed by atoms with Crippen molar-refractivity contribution in [3.8, 4) is 0 Å². The highest BCUT2D eigenvalue weighted by Crippen LogP contribution is 2.27. The van der Waals surface area contributed by atoms with Crippen LogP contribution in [0.4, 0.5) is 0 Å². The molecule has 1 aromatic heterocycles. The van der Waals surface area contributed by atoms with Crippen molar-refractivity contribution in [1.82, 2.24) is 25.5 Å². The van der Waals surface area contributed by atoms with Crippen molar-refractivity contribution < 1.29 is 4.74 Å². The maximum absolute atomic E-state index is 5.37. The van der Waals surface area contributed by atoms with E-state index in [1.165, 1.54) is 0 Å². The lowest BCUT2D eigenvalue weighted by Crippen LogP contribution is -2.26. The fourth-order valence-electron chi connectivity index (χ4n) is 2.20. The third kappa shape index (κ3) is 2.38.